The quantitative estimate of drug-likeness (QED) is 0.379. The first-order valence-electron chi connectivity index (χ1n) is 6.35. The smallest absolute Gasteiger partial charge is 0.0433 e. The molecular weight excluding hydrogens is 198 g/mol. The monoisotopic (exact) mass is 227 g/mol. The predicted octanol–water partition coefficient (Wildman–Crippen LogP) is 2.14. The normalized spacial score (nSPS) is 19.2. The number of hydrogen-bond donors (Lipinski definition) is 2. The van der Waals surface area contributed by atoms with Crippen molar-refractivity contribution in [2.45, 2.75) is 52.6 Å². The van der Waals surface area contributed by atoms with Gasteiger partial charge in [0.1, 0.15) is 0 Å². The summed E-state index contributed by atoms with van der Waals surface area (Å²) in [6.07, 6.45) is 3.96. The van der Waals surface area contributed by atoms with Gasteiger partial charge in [-0.25, -0.2) is 5.01 Å². The van der Waals surface area contributed by atoms with E-state index in [2.05, 4.69) is 34.3 Å². The summed E-state index contributed by atoms with van der Waals surface area (Å²) in [6, 6.07) is 0.538. The summed E-state index contributed by atoms with van der Waals surface area (Å²) in [5.74, 6) is 7.42. The molecular formula is C13H29N3. The van der Waals surface area contributed by atoms with Gasteiger partial charge in [-0.05, 0) is 31.7 Å². The van der Waals surface area contributed by atoms with E-state index < -0.39 is 0 Å². The summed E-state index contributed by atoms with van der Waals surface area (Å²) < 4.78 is 0. The number of hydrogen-bond acceptors (Lipinski definition) is 3. The van der Waals surface area contributed by atoms with Crippen LogP contribution in [0, 0.1) is 11.8 Å². The minimum absolute atomic E-state index is 0.187. The molecule has 0 aliphatic heterocycles. The first-order valence-corrected chi connectivity index (χ1v) is 6.35. The van der Waals surface area contributed by atoms with Crippen LogP contribution in [0.2, 0.25) is 0 Å². The lowest BCUT2D eigenvalue weighted by molar-refractivity contribution is 0.103. The Kier molecular flexibility index (Phi) is 7.64. The molecule has 3 heteroatoms. The number of hydrazine groups is 1. The van der Waals surface area contributed by atoms with Crippen LogP contribution in [0.5, 0.6) is 0 Å². The third-order valence-corrected chi connectivity index (χ3v) is 3.89. The molecule has 1 unspecified atom stereocenters. The third-order valence-electron chi connectivity index (χ3n) is 3.89. The molecule has 0 rings (SSSR count). The molecule has 0 aliphatic rings. The fraction of sp³-hybridized carbons (Fsp3) is 0.846. The highest BCUT2D eigenvalue weighted by Gasteiger charge is 2.25. The molecule has 0 aromatic rings. The maximum atomic E-state index is 6.16. The Balaban J connectivity index is 4.44. The average Bonchev–Trinajstić information content (AvgIpc) is 2.32. The highest BCUT2D eigenvalue weighted by molar-refractivity contribution is 4.89. The van der Waals surface area contributed by atoms with E-state index in [4.69, 9.17) is 11.6 Å². The van der Waals surface area contributed by atoms with Gasteiger partial charge in [0.2, 0.25) is 0 Å². The van der Waals surface area contributed by atoms with E-state index in [-0.39, 0.29) is 6.04 Å². The Labute approximate surface area is 101 Å². The Morgan fingerprint density at radius 2 is 1.88 bits per heavy atom. The van der Waals surface area contributed by atoms with Crippen molar-refractivity contribution < 1.29 is 0 Å². The maximum Gasteiger partial charge on any atom is 0.0433 e. The second kappa shape index (κ2) is 7.82. The topological polar surface area (TPSA) is 55.3 Å². The van der Waals surface area contributed by atoms with E-state index in [0.29, 0.717) is 24.4 Å². The van der Waals surface area contributed by atoms with Crippen molar-refractivity contribution in [3.05, 3.63) is 12.7 Å². The molecule has 3 nitrogen and oxygen atoms in total. The molecule has 0 amide bonds. The minimum Gasteiger partial charge on any atom is -0.330 e. The van der Waals surface area contributed by atoms with Crippen molar-refractivity contribution in [2.75, 3.05) is 6.54 Å². The van der Waals surface area contributed by atoms with E-state index in [0.717, 1.165) is 6.42 Å². The predicted molar refractivity (Wildman–Crippen MR) is 71.8 cm³/mol. The lowest BCUT2D eigenvalue weighted by atomic mass is 9.87. The van der Waals surface area contributed by atoms with Crippen LogP contribution in [0.25, 0.3) is 0 Å². The molecule has 4 atom stereocenters. The summed E-state index contributed by atoms with van der Waals surface area (Å²) in [4.78, 5) is 0. The summed E-state index contributed by atoms with van der Waals surface area (Å²) in [6.45, 7) is 13.4. The summed E-state index contributed by atoms with van der Waals surface area (Å²) >= 11 is 0. The zero-order chi connectivity index (χ0) is 12.7. The highest BCUT2D eigenvalue weighted by Crippen LogP contribution is 2.22. The van der Waals surface area contributed by atoms with Crippen LogP contribution in [0.1, 0.15) is 40.5 Å². The lowest BCUT2D eigenvalue weighted by Crippen LogP contribution is -2.50. The van der Waals surface area contributed by atoms with Crippen molar-refractivity contribution in [3.8, 4) is 0 Å². The van der Waals surface area contributed by atoms with Gasteiger partial charge in [0.05, 0.1) is 0 Å². The van der Waals surface area contributed by atoms with Crippen LogP contribution in [0.15, 0.2) is 12.7 Å². The summed E-state index contributed by atoms with van der Waals surface area (Å²) in [5, 5.41) is 1.91. The largest absolute Gasteiger partial charge is 0.330 e. The van der Waals surface area contributed by atoms with Crippen molar-refractivity contribution in [2.24, 2.45) is 23.4 Å². The Morgan fingerprint density at radius 3 is 2.25 bits per heavy atom. The van der Waals surface area contributed by atoms with Crippen molar-refractivity contribution in [1.82, 2.24) is 5.01 Å². The van der Waals surface area contributed by atoms with Gasteiger partial charge < -0.3 is 5.73 Å². The average molecular weight is 227 g/mol. The Hall–Kier alpha value is -0.380. The first-order chi connectivity index (χ1) is 7.49. The molecule has 0 bridgehead atoms. The molecule has 4 N–H and O–H groups in total. The Morgan fingerprint density at radius 1 is 1.31 bits per heavy atom. The second-order valence-electron chi connectivity index (χ2n) is 4.81. The molecule has 0 aromatic carbocycles. The van der Waals surface area contributed by atoms with Crippen LogP contribution in [0.4, 0.5) is 0 Å². The van der Waals surface area contributed by atoms with Crippen LogP contribution < -0.4 is 11.6 Å². The van der Waals surface area contributed by atoms with Gasteiger partial charge in [-0.3, -0.25) is 5.84 Å². The van der Waals surface area contributed by atoms with E-state index >= 15 is 0 Å². The second-order valence-corrected chi connectivity index (χ2v) is 4.81. The molecule has 16 heavy (non-hydrogen) atoms. The molecule has 0 aliphatic carbocycles. The highest BCUT2D eigenvalue weighted by atomic mass is 15.4. The zero-order valence-electron chi connectivity index (χ0n) is 11.3. The van der Waals surface area contributed by atoms with Crippen LogP contribution in [0.3, 0.4) is 0 Å². The van der Waals surface area contributed by atoms with E-state index in [1.165, 1.54) is 6.42 Å². The third kappa shape index (κ3) is 4.24. The van der Waals surface area contributed by atoms with Gasteiger partial charge in [0, 0.05) is 12.1 Å². The SMILES string of the molecule is C=C[C@H](CCN)N(N)C(C)[C@H](C)[C@H](C)CC. The van der Waals surface area contributed by atoms with E-state index in [9.17, 15) is 0 Å². The van der Waals surface area contributed by atoms with Gasteiger partial charge in [0.25, 0.3) is 0 Å². The molecule has 96 valence electrons. The fourth-order valence-electron chi connectivity index (χ4n) is 1.98. The van der Waals surface area contributed by atoms with Gasteiger partial charge in [0.15, 0.2) is 0 Å². The molecule has 0 radical (unpaired) electrons. The van der Waals surface area contributed by atoms with Crippen molar-refractivity contribution >= 4 is 0 Å². The zero-order valence-corrected chi connectivity index (χ0v) is 11.3. The molecule has 0 fully saturated rings. The van der Waals surface area contributed by atoms with Gasteiger partial charge >= 0.3 is 0 Å². The van der Waals surface area contributed by atoms with Crippen molar-refractivity contribution in [3.63, 3.8) is 0 Å². The lowest BCUT2D eigenvalue weighted by Gasteiger charge is -2.36. The molecule has 0 aromatic heterocycles. The standard InChI is InChI=1S/C13H29N3/c1-6-10(3)11(4)12(5)16(15)13(7-2)8-9-14/h7,10-13H,2,6,8-9,14-15H2,1,3-5H3/t10-,11-,12?,13-/m1/s1. The Bertz CT molecular complexity index is 194. The number of nitrogens with zero attached hydrogens (tertiary/aromatic N) is 1. The van der Waals surface area contributed by atoms with Gasteiger partial charge in [-0.2, -0.15) is 0 Å². The van der Waals surface area contributed by atoms with Gasteiger partial charge in [-0.1, -0.05) is 33.3 Å². The molecule has 0 saturated carbocycles. The molecule has 0 saturated heterocycles. The van der Waals surface area contributed by atoms with Crippen LogP contribution in [-0.4, -0.2) is 23.6 Å². The summed E-state index contributed by atoms with van der Waals surface area (Å²) in [7, 11) is 0. The number of rotatable bonds is 8. The maximum absolute atomic E-state index is 6.16. The summed E-state index contributed by atoms with van der Waals surface area (Å²) in [5.41, 5.74) is 5.58. The van der Waals surface area contributed by atoms with E-state index in [1.54, 1.807) is 0 Å². The van der Waals surface area contributed by atoms with Crippen molar-refractivity contribution in [1.29, 1.82) is 0 Å². The molecule has 0 spiro atoms. The first kappa shape index (κ1) is 15.6. The van der Waals surface area contributed by atoms with Gasteiger partial charge in [-0.15, -0.1) is 6.58 Å². The van der Waals surface area contributed by atoms with Crippen LogP contribution in [-0.2, 0) is 0 Å². The van der Waals surface area contributed by atoms with Crippen LogP contribution >= 0.6 is 0 Å². The molecule has 0 heterocycles. The number of nitrogens with two attached hydrogens (primary N) is 2. The fourth-order valence-corrected chi connectivity index (χ4v) is 1.98. The van der Waals surface area contributed by atoms with E-state index in [1.807, 2.05) is 11.1 Å². The minimum atomic E-state index is 0.187.